The molecule has 0 bridgehead atoms. The Morgan fingerprint density at radius 3 is 2.32 bits per heavy atom. The van der Waals surface area contributed by atoms with Crippen LogP contribution in [0.3, 0.4) is 0 Å². The fourth-order valence-corrected chi connectivity index (χ4v) is 2.68. The van der Waals surface area contributed by atoms with Crippen LogP contribution in [-0.4, -0.2) is 21.4 Å². The zero-order valence-electron chi connectivity index (χ0n) is 16.0. The smallest absolute Gasteiger partial charge is 0.123 e. The Balaban J connectivity index is 2.49. The van der Waals surface area contributed by atoms with Gasteiger partial charge in [-0.3, -0.25) is 0 Å². The Bertz CT molecular complexity index is 630. The van der Waals surface area contributed by atoms with Crippen LogP contribution in [0.1, 0.15) is 57.6 Å². The van der Waals surface area contributed by atoms with Crippen LogP contribution in [0.4, 0.5) is 0 Å². The number of aromatic hydroxyl groups is 2. The summed E-state index contributed by atoms with van der Waals surface area (Å²) in [4.78, 5) is 0. The molecule has 0 aliphatic heterocycles. The first-order valence-corrected chi connectivity index (χ1v) is 8.87. The standard InChI is InChI=1S/C22H32O3/c1-15(2)21(24)12-10-17(4)8-6-7-16(3)9-11-20-18(5)13-19(23)14-22(20)25/h8-9,13-14,21,23-25H,1,6-7,10-12H2,2-5H3/b16-9?,17-8+/t21-/m0/s1. The fraction of sp³-hybridized carbons (Fsp3) is 0.455. The molecule has 1 aromatic rings. The van der Waals surface area contributed by atoms with Crippen LogP contribution in [-0.2, 0) is 6.42 Å². The van der Waals surface area contributed by atoms with Crippen LogP contribution in [0.5, 0.6) is 11.5 Å². The van der Waals surface area contributed by atoms with Crippen LogP contribution in [0, 0.1) is 6.92 Å². The van der Waals surface area contributed by atoms with Crippen molar-refractivity contribution in [1.29, 1.82) is 0 Å². The Morgan fingerprint density at radius 1 is 1.08 bits per heavy atom. The van der Waals surface area contributed by atoms with Crippen molar-refractivity contribution in [2.24, 2.45) is 0 Å². The summed E-state index contributed by atoms with van der Waals surface area (Å²) in [6.45, 7) is 11.7. The van der Waals surface area contributed by atoms with Crippen molar-refractivity contribution in [2.75, 3.05) is 0 Å². The second-order valence-electron chi connectivity index (χ2n) is 7.00. The highest BCUT2D eigenvalue weighted by Crippen LogP contribution is 2.27. The third-order valence-corrected chi connectivity index (χ3v) is 4.50. The molecule has 0 aromatic heterocycles. The first-order valence-electron chi connectivity index (χ1n) is 8.87. The zero-order valence-corrected chi connectivity index (χ0v) is 16.0. The molecular weight excluding hydrogens is 312 g/mol. The summed E-state index contributed by atoms with van der Waals surface area (Å²) in [6.07, 6.45) is 8.17. The average molecular weight is 344 g/mol. The van der Waals surface area contributed by atoms with Gasteiger partial charge in [0.1, 0.15) is 11.5 Å². The SMILES string of the molecule is C=C(C)[C@@H](O)CC/C(C)=C/CCC(C)=CCc1c(C)cc(O)cc1O. The van der Waals surface area contributed by atoms with Crippen molar-refractivity contribution in [3.63, 3.8) is 0 Å². The predicted molar refractivity (Wildman–Crippen MR) is 105 cm³/mol. The zero-order chi connectivity index (χ0) is 19.0. The van der Waals surface area contributed by atoms with Gasteiger partial charge in [-0.25, -0.2) is 0 Å². The van der Waals surface area contributed by atoms with E-state index in [-0.39, 0.29) is 11.5 Å². The van der Waals surface area contributed by atoms with Crippen LogP contribution < -0.4 is 0 Å². The number of hydrogen-bond donors (Lipinski definition) is 3. The largest absolute Gasteiger partial charge is 0.508 e. The highest BCUT2D eigenvalue weighted by Gasteiger charge is 2.06. The molecule has 3 N–H and O–H groups in total. The molecule has 0 amide bonds. The van der Waals surface area contributed by atoms with E-state index in [1.807, 2.05) is 13.8 Å². The van der Waals surface area contributed by atoms with Gasteiger partial charge in [0, 0.05) is 11.6 Å². The molecule has 3 heteroatoms. The fourth-order valence-electron chi connectivity index (χ4n) is 2.68. The molecule has 138 valence electrons. The average Bonchev–Trinajstić information content (AvgIpc) is 2.51. The minimum Gasteiger partial charge on any atom is -0.508 e. The second-order valence-corrected chi connectivity index (χ2v) is 7.00. The van der Waals surface area contributed by atoms with Gasteiger partial charge in [-0.15, -0.1) is 0 Å². The van der Waals surface area contributed by atoms with Gasteiger partial charge < -0.3 is 15.3 Å². The monoisotopic (exact) mass is 344 g/mol. The highest BCUT2D eigenvalue weighted by molar-refractivity contribution is 5.45. The number of aryl methyl sites for hydroxylation is 1. The summed E-state index contributed by atoms with van der Waals surface area (Å²) < 4.78 is 0. The van der Waals surface area contributed by atoms with E-state index in [1.165, 1.54) is 17.2 Å². The first-order chi connectivity index (χ1) is 11.7. The number of aliphatic hydroxyl groups excluding tert-OH is 1. The van der Waals surface area contributed by atoms with E-state index in [4.69, 9.17) is 0 Å². The van der Waals surface area contributed by atoms with Gasteiger partial charge in [0.15, 0.2) is 0 Å². The molecule has 0 heterocycles. The van der Waals surface area contributed by atoms with Crippen molar-refractivity contribution < 1.29 is 15.3 Å². The molecule has 1 rings (SSSR count). The minimum atomic E-state index is -0.411. The van der Waals surface area contributed by atoms with Crippen LogP contribution in [0.25, 0.3) is 0 Å². The van der Waals surface area contributed by atoms with Crippen LogP contribution in [0.2, 0.25) is 0 Å². The summed E-state index contributed by atoms with van der Waals surface area (Å²) in [5, 5.41) is 29.2. The van der Waals surface area contributed by atoms with Crippen molar-refractivity contribution in [3.05, 3.63) is 58.7 Å². The summed E-state index contributed by atoms with van der Waals surface area (Å²) in [5.74, 6) is 0.241. The second kappa shape index (κ2) is 10.1. The van der Waals surface area contributed by atoms with E-state index >= 15 is 0 Å². The molecule has 0 spiro atoms. The molecular formula is C22H32O3. The molecule has 0 aliphatic rings. The Morgan fingerprint density at radius 2 is 1.72 bits per heavy atom. The lowest BCUT2D eigenvalue weighted by molar-refractivity contribution is 0.201. The molecule has 0 radical (unpaired) electrons. The molecule has 3 nitrogen and oxygen atoms in total. The topological polar surface area (TPSA) is 60.7 Å². The van der Waals surface area contributed by atoms with Gasteiger partial charge in [-0.1, -0.05) is 35.5 Å². The molecule has 0 unspecified atom stereocenters. The van der Waals surface area contributed by atoms with Crippen molar-refractivity contribution in [1.82, 2.24) is 0 Å². The maximum Gasteiger partial charge on any atom is 0.123 e. The molecule has 25 heavy (non-hydrogen) atoms. The van der Waals surface area contributed by atoms with Gasteiger partial charge in [-0.05, 0) is 71.4 Å². The van der Waals surface area contributed by atoms with Gasteiger partial charge >= 0.3 is 0 Å². The van der Waals surface area contributed by atoms with Gasteiger partial charge in [0.25, 0.3) is 0 Å². The first kappa shape index (κ1) is 21.0. The van der Waals surface area contributed by atoms with Crippen LogP contribution in [0.15, 0.2) is 47.6 Å². The Kier molecular flexibility index (Phi) is 8.50. The van der Waals surface area contributed by atoms with E-state index in [2.05, 4.69) is 32.6 Å². The van der Waals surface area contributed by atoms with E-state index in [9.17, 15) is 15.3 Å². The van der Waals surface area contributed by atoms with Gasteiger partial charge in [0.2, 0.25) is 0 Å². The van der Waals surface area contributed by atoms with Crippen LogP contribution >= 0.6 is 0 Å². The third kappa shape index (κ3) is 7.61. The van der Waals surface area contributed by atoms with E-state index in [0.717, 1.165) is 42.4 Å². The summed E-state index contributed by atoms with van der Waals surface area (Å²) >= 11 is 0. The van der Waals surface area contributed by atoms with Gasteiger partial charge in [0.05, 0.1) is 6.10 Å². The maximum absolute atomic E-state index is 9.95. The number of aliphatic hydroxyl groups is 1. The van der Waals surface area contributed by atoms with Crippen molar-refractivity contribution in [3.8, 4) is 11.5 Å². The minimum absolute atomic E-state index is 0.0943. The molecule has 0 aliphatic carbocycles. The number of allylic oxidation sites excluding steroid dienone is 4. The maximum atomic E-state index is 9.95. The highest BCUT2D eigenvalue weighted by atomic mass is 16.3. The van der Waals surface area contributed by atoms with E-state index in [0.29, 0.717) is 6.42 Å². The number of benzene rings is 1. The lowest BCUT2D eigenvalue weighted by Crippen LogP contribution is -2.06. The number of phenols is 2. The van der Waals surface area contributed by atoms with Crippen molar-refractivity contribution in [2.45, 2.75) is 65.9 Å². The number of hydrogen-bond acceptors (Lipinski definition) is 3. The molecule has 0 fully saturated rings. The summed E-state index contributed by atoms with van der Waals surface area (Å²) in [6, 6.07) is 3.06. The Hall–Kier alpha value is -2.00. The molecule has 0 saturated heterocycles. The van der Waals surface area contributed by atoms with Crippen molar-refractivity contribution >= 4 is 0 Å². The third-order valence-electron chi connectivity index (χ3n) is 4.50. The predicted octanol–water partition coefficient (Wildman–Crippen LogP) is 5.34. The Labute approximate surface area is 152 Å². The molecule has 0 saturated carbocycles. The summed E-state index contributed by atoms with van der Waals surface area (Å²) in [5.41, 5.74) is 5.14. The van der Waals surface area contributed by atoms with E-state index < -0.39 is 6.10 Å². The normalized spacial score (nSPS) is 13.8. The lowest BCUT2D eigenvalue weighted by atomic mass is 10.0. The summed E-state index contributed by atoms with van der Waals surface area (Å²) in [7, 11) is 0. The molecule has 1 aromatic carbocycles. The number of phenolic OH excluding ortho intramolecular Hbond substituents is 2. The number of rotatable bonds is 9. The van der Waals surface area contributed by atoms with Gasteiger partial charge in [-0.2, -0.15) is 0 Å². The van der Waals surface area contributed by atoms with E-state index in [1.54, 1.807) is 6.07 Å². The molecule has 1 atom stereocenters. The quantitative estimate of drug-likeness (QED) is 0.530. The lowest BCUT2D eigenvalue weighted by Gasteiger charge is -2.10.